The molecule has 1 aromatic rings. The Kier molecular flexibility index (Phi) is 6.11. The molecule has 1 atom stereocenters. The molecule has 0 aliphatic carbocycles. The molecule has 0 aliphatic heterocycles. The third-order valence-electron chi connectivity index (χ3n) is 2.54. The number of hydrogen-bond acceptors (Lipinski definition) is 3. The third kappa shape index (κ3) is 5.94. The van der Waals surface area contributed by atoms with Crippen molar-refractivity contribution in [2.45, 2.75) is 25.6 Å². The summed E-state index contributed by atoms with van der Waals surface area (Å²) in [6.45, 7) is 1.67. The molecule has 0 saturated carbocycles. The van der Waals surface area contributed by atoms with Crippen molar-refractivity contribution in [2.24, 2.45) is 5.73 Å². The van der Waals surface area contributed by atoms with Gasteiger partial charge < -0.3 is 15.8 Å². The summed E-state index contributed by atoms with van der Waals surface area (Å²) >= 11 is 0. The summed E-state index contributed by atoms with van der Waals surface area (Å²) in [7, 11) is 0. The van der Waals surface area contributed by atoms with Gasteiger partial charge in [-0.15, -0.1) is 0 Å². The van der Waals surface area contributed by atoms with E-state index in [0.717, 1.165) is 12.0 Å². The molecule has 6 heteroatoms. The van der Waals surface area contributed by atoms with E-state index in [4.69, 9.17) is 10.5 Å². The molecule has 0 fully saturated rings. The van der Waals surface area contributed by atoms with Crippen LogP contribution in [-0.2, 0) is 0 Å². The molecule has 0 heterocycles. The number of ether oxygens (including phenoxy) is 1. The lowest BCUT2D eigenvalue weighted by Gasteiger charge is -2.18. The van der Waals surface area contributed by atoms with Gasteiger partial charge in [0.05, 0.1) is 13.2 Å². The van der Waals surface area contributed by atoms with Crippen molar-refractivity contribution in [2.75, 3.05) is 19.7 Å². The minimum Gasteiger partial charge on any atom is -0.494 e. The Bertz CT molecular complexity index is 365. The third-order valence-corrected chi connectivity index (χ3v) is 2.54. The minimum absolute atomic E-state index is 0.102. The van der Waals surface area contributed by atoms with Gasteiger partial charge in [0, 0.05) is 12.6 Å². The molecule has 1 aromatic carbocycles. The van der Waals surface area contributed by atoms with Gasteiger partial charge in [-0.05, 0) is 24.1 Å². The van der Waals surface area contributed by atoms with Crippen molar-refractivity contribution in [3.63, 3.8) is 0 Å². The van der Waals surface area contributed by atoms with Gasteiger partial charge in [-0.3, -0.25) is 0 Å². The fourth-order valence-electron chi connectivity index (χ4n) is 1.59. The van der Waals surface area contributed by atoms with Gasteiger partial charge in [-0.25, -0.2) is 0 Å². The van der Waals surface area contributed by atoms with E-state index in [1.807, 2.05) is 6.92 Å². The topological polar surface area (TPSA) is 47.3 Å². The summed E-state index contributed by atoms with van der Waals surface area (Å²) in [6.07, 6.45) is -3.34. The maximum Gasteiger partial charge on any atom is 0.401 e. The van der Waals surface area contributed by atoms with Crippen LogP contribution in [0.15, 0.2) is 24.3 Å². The lowest BCUT2D eigenvalue weighted by Crippen LogP contribution is -2.35. The first-order valence-corrected chi connectivity index (χ1v) is 6.19. The van der Waals surface area contributed by atoms with Crippen LogP contribution in [0.4, 0.5) is 13.2 Å². The van der Waals surface area contributed by atoms with Crippen LogP contribution in [0.3, 0.4) is 0 Å². The predicted molar refractivity (Wildman–Crippen MR) is 68.1 cm³/mol. The van der Waals surface area contributed by atoms with Gasteiger partial charge in [0.1, 0.15) is 5.75 Å². The average molecular weight is 276 g/mol. The SMILES string of the molecule is CCCOc1ccc(C(CN)NCC(F)(F)F)cc1. The second kappa shape index (κ2) is 7.35. The zero-order chi connectivity index (χ0) is 14.3. The van der Waals surface area contributed by atoms with Crippen molar-refractivity contribution in [1.29, 1.82) is 0 Å². The van der Waals surface area contributed by atoms with E-state index in [-0.39, 0.29) is 6.54 Å². The van der Waals surface area contributed by atoms with Crippen molar-refractivity contribution in [3.05, 3.63) is 29.8 Å². The summed E-state index contributed by atoms with van der Waals surface area (Å²) in [4.78, 5) is 0. The van der Waals surface area contributed by atoms with Crippen LogP contribution in [0.25, 0.3) is 0 Å². The lowest BCUT2D eigenvalue weighted by atomic mass is 10.1. The second-order valence-electron chi connectivity index (χ2n) is 4.20. The van der Waals surface area contributed by atoms with Crippen molar-refractivity contribution >= 4 is 0 Å². The Morgan fingerprint density at radius 3 is 2.37 bits per heavy atom. The minimum atomic E-state index is -4.24. The van der Waals surface area contributed by atoms with E-state index in [1.165, 1.54) is 0 Å². The van der Waals surface area contributed by atoms with E-state index < -0.39 is 18.8 Å². The molecule has 0 aromatic heterocycles. The van der Waals surface area contributed by atoms with Crippen LogP contribution < -0.4 is 15.8 Å². The fraction of sp³-hybridized carbons (Fsp3) is 0.538. The molecule has 0 amide bonds. The predicted octanol–water partition coefficient (Wildman–Crippen LogP) is 2.63. The zero-order valence-electron chi connectivity index (χ0n) is 10.8. The molecule has 0 spiro atoms. The molecule has 1 rings (SSSR count). The number of alkyl halides is 3. The molecule has 0 saturated heterocycles. The van der Waals surface area contributed by atoms with E-state index in [9.17, 15) is 13.2 Å². The van der Waals surface area contributed by atoms with Crippen LogP contribution in [-0.4, -0.2) is 25.9 Å². The number of nitrogens with two attached hydrogens (primary N) is 1. The summed E-state index contributed by atoms with van der Waals surface area (Å²) in [5, 5.41) is 2.40. The van der Waals surface area contributed by atoms with Gasteiger partial charge in [0.2, 0.25) is 0 Å². The monoisotopic (exact) mass is 276 g/mol. The van der Waals surface area contributed by atoms with Gasteiger partial charge >= 0.3 is 6.18 Å². The molecule has 3 N–H and O–H groups in total. The Hall–Kier alpha value is -1.27. The smallest absolute Gasteiger partial charge is 0.401 e. The highest BCUT2D eigenvalue weighted by atomic mass is 19.4. The lowest BCUT2D eigenvalue weighted by molar-refractivity contribution is -0.126. The van der Waals surface area contributed by atoms with E-state index in [1.54, 1.807) is 24.3 Å². The van der Waals surface area contributed by atoms with Crippen LogP contribution in [0.2, 0.25) is 0 Å². The summed E-state index contributed by atoms with van der Waals surface area (Å²) in [5.74, 6) is 0.706. The van der Waals surface area contributed by atoms with Gasteiger partial charge in [-0.1, -0.05) is 19.1 Å². The van der Waals surface area contributed by atoms with E-state index in [2.05, 4.69) is 5.32 Å². The zero-order valence-corrected chi connectivity index (χ0v) is 10.8. The Balaban J connectivity index is 2.60. The first kappa shape index (κ1) is 15.8. The van der Waals surface area contributed by atoms with Gasteiger partial charge in [0.15, 0.2) is 0 Å². The molecular weight excluding hydrogens is 257 g/mol. The normalized spacial score (nSPS) is 13.3. The molecule has 0 radical (unpaired) electrons. The number of halogens is 3. The fourth-order valence-corrected chi connectivity index (χ4v) is 1.59. The van der Waals surface area contributed by atoms with Crippen LogP contribution in [0, 0.1) is 0 Å². The van der Waals surface area contributed by atoms with Crippen LogP contribution >= 0.6 is 0 Å². The summed E-state index contributed by atoms with van der Waals surface area (Å²) in [5.41, 5.74) is 6.21. The van der Waals surface area contributed by atoms with Crippen molar-refractivity contribution in [3.8, 4) is 5.75 Å². The Labute approximate surface area is 110 Å². The quantitative estimate of drug-likeness (QED) is 0.805. The van der Waals surface area contributed by atoms with E-state index >= 15 is 0 Å². The highest BCUT2D eigenvalue weighted by Crippen LogP contribution is 2.19. The number of nitrogens with one attached hydrogen (secondary N) is 1. The first-order valence-electron chi connectivity index (χ1n) is 6.19. The highest BCUT2D eigenvalue weighted by molar-refractivity contribution is 5.29. The second-order valence-corrected chi connectivity index (χ2v) is 4.20. The first-order chi connectivity index (χ1) is 8.96. The number of hydrogen-bond donors (Lipinski definition) is 2. The largest absolute Gasteiger partial charge is 0.494 e. The number of benzene rings is 1. The van der Waals surface area contributed by atoms with Gasteiger partial charge in [-0.2, -0.15) is 13.2 Å². The Morgan fingerprint density at radius 1 is 1.26 bits per heavy atom. The van der Waals surface area contributed by atoms with Crippen molar-refractivity contribution < 1.29 is 17.9 Å². The molecular formula is C13H19F3N2O. The Morgan fingerprint density at radius 2 is 1.89 bits per heavy atom. The van der Waals surface area contributed by atoms with E-state index in [0.29, 0.717) is 12.4 Å². The molecule has 0 aliphatic rings. The molecule has 3 nitrogen and oxygen atoms in total. The standard InChI is InChI=1S/C13H19F3N2O/c1-2-7-19-11-5-3-10(4-6-11)12(8-17)18-9-13(14,15)16/h3-6,12,18H,2,7-9,17H2,1H3. The maximum absolute atomic E-state index is 12.1. The summed E-state index contributed by atoms with van der Waals surface area (Å²) in [6, 6.07) is 6.42. The number of rotatable bonds is 7. The molecule has 1 unspecified atom stereocenters. The average Bonchev–Trinajstić information content (AvgIpc) is 2.37. The highest BCUT2D eigenvalue weighted by Gasteiger charge is 2.28. The molecule has 0 bridgehead atoms. The van der Waals surface area contributed by atoms with Crippen LogP contribution in [0.1, 0.15) is 24.9 Å². The molecule has 19 heavy (non-hydrogen) atoms. The maximum atomic E-state index is 12.1. The van der Waals surface area contributed by atoms with Crippen LogP contribution in [0.5, 0.6) is 5.75 Å². The van der Waals surface area contributed by atoms with Crippen molar-refractivity contribution in [1.82, 2.24) is 5.32 Å². The molecule has 108 valence electrons. The summed E-state index contributed by atoms with van der Waals surface area (Å²) < 4.78 is 41.9. The van der Waals surface area contributed by atoms with Gasteiger partial charge in [0.25, 0.3) is 0 Å².